The molecule has 424 valence electrons. The Balaban J connectivity index is 4.44. The molecule has 0 radical (unpaired) electrons. The molecule has 0 spiro atoms. The van der Waals surface area contributed by atoms with Gasteiger partial charge in [-0.1, -0.05) is 244 Å². The first-order valence-corrected chi connectivity index (χ1v) is 30.7. The number of hydrogen-bond donors (Lipinski definition) is 0. The maximum atomic E-state index is 12.9. The highest BCUT2D eigenvalue weighted by atomic mass is 16.6. The molecule has 0 aliphatic rings. The van der Waals surface area contributed by atoms with Gasteiger partial charge in [-0.15, -0.1) is 0 Å². The van der Waals surface area contributed by atoms with Gasteiger partial charge in [-0.3, -0.25) is 14.4 Å². The zero-order valence-electron chi connectivity index (χ0n) is 48.5. The molecule has 0 aromatic rings. The van der Waals surface area contributed by atoms with E-state index in [9.17, 15) is 14.4 Å². The Morgan fingerprint density at radius 1 is 0.280 bits per heavy atom. The summed E-state index contributed by atoms with van der Waals surface area (Å²) in [5.74, 6) is -0.987. The summed E-state index contributed by atoms with van der Waals surface area (Å²) in [5.41, 5.74) is 0. The van der Waals surface area contributed by atoms with Crippen molar-refractivity contribution in [3.05, 3.63) is 134 Å². The van der Waals surface area contributed by atoms with Gasteiger partial charge in [0.25, 0.3) is 0 Å². The van der Waals surface area contributed by atoms with Crippen LogP contribution in [0.2, 0.25) is 0 Å². The van der Waals surface area contributed by atoms with Crippen molar-refractivity contribution >= 4 is 17.9 Å². The van der Waals surface area contributed by atoms with Gasteiger partial charge in [0.2, 0.25) is 0 Å². The average Bonchev–Trinajstić information content (AvgIpc) is 3.41. The number of ether oxygens (including phenoxy) is 3. The van der Waals surface area contributed by atoms with Crippen LogP contribution in [0.3, 0.4) is 0 Å². The molecule has 0 aromatic carbocycles. The van der Waals surface area contributed by atoms with E-state index in [0.29, 0.717) is 19.3 Å². The molecule has 0 heterocycles. The Labute approximate surface area is 462 Å². The topological polar surface area (TPSA) is 78.9 Å². The summed E-state index contributed by atoms with van der Waals surface area (Å²) >= 11 is 0. The third-order valence-corrected chi connectivity index (χ3v) is 12.6. The summed E-state index contributed by atoms with van der Waals surface area (Å²) in [5, 5.41) is 0. The van der Waals surface area contributed by atoms with Crippen LogP contribution < -0.4 is 0 Å². The van der Waals surface area contributed by atoms with Crippen molar-refractivity contribution in [2.75, 3.05) is 13.2 Å². The van der Waals surface area contributed by atoms with Crippen molar-refractivity contribution in [1.29, 1.82) is 0 Å². The van der Waals surface area contributed by atoms with Gasteiger partial charge in [0, 0.05) is 19.3 Å². The van der Waals surface area contributed by atoms with Gasteiger partial charge >= 0.3 is 17.9 Å². The van der Waals surface area contributed by atoms with Crippen LogP contribution >= 0.6 is 0 Å². The zero-order chi connectivity index (χ0) is 54.3. The van der Waals surface area contributed by atoms with E-state index in [-0.39, 0.29) is 37.5 Å². The minimum Gasteiger partial charge on any atom is -0.462 e. The Bertz CT molecular complexity index is 1620. The van der Waals surface area contributed by atoms with Gasteiger partial charge in [0.05, 0.1) is 0 Å². The molecule has 0 rings (SSSR count). The van der Waals surface area contributed by atoms with E-state index >= 15 is 0 Å². The van der Waals surface area contributed by atoms with Crippen LogP contribution in [-0.4, -0.2) is 37.2 Å². The fraction of sp³-hybridized carbons (Fsp3) is 0.638. The van der Waals surface area contributed by atoms with Crippen LogP contribution in [-0.2, 0) is 28.6 Å². The van der Waals surface area contributed by atoms with Crippen molar-refractivity contribution in [2.24, 2.45) is 0 Å². The molecule has 0 aliphatic heterocycles. The number of carbonyl (C=O) groups excluding carboxylic acids is 3. The average molecular weight is 1040 g/mol. The first kappa shape index (κ1) is 70.5. The van der Waals surface area contributed by atoms with E-state index < -0.39 is 6.10 Å². The van der Waals surface area contributed by atoms with E-state index in [1.165, 1.54) is 89.9 Å². The Hall–Kier alpha value is -4.45. The molecule has 1 unspecified atom stereocenters. The lowest BCUT2D eigenvalue weighted by Crippen LogP contribution is -2.30. The molecule has 0 amide bonds. The fourth-order valence-corrected chi connectivity index (χ4v) is 8.02. The Kier molecular flexibility index (Phi) is 58.4. The lowest BCUT2D eigenvalue weighted by molar-refractivity contribution is -0.167. The number of allylic oxidation sites excluding steroid dienone is 22. The Morgan fingerprint density at radius 2 is 0.533 bits per heavy atom. The fourth-order valence-electron chi connectivity index (χ4n) is 8.02. The van der Waals surface area contributed by atoms with Crippen LogP contribution in [0.25, 0.3) is 0 Å². The molecule has 6 heteroatoms. The monoisotopic (exact) mass is 1040 g/mol. The van der Waals surface area contributed by atoms with Crippen LogP contribution in [0.1, 0.15) is 265 Å². The predicted molar refractivity (Wildman–Crippen MR) is 325 cm³/mol. The molecule has 0 saturated carbocycles. The van der Waals surface area contributed by atoms with E-state index in [1.54, 1.807) is 0 Å². The third-order valence-electron chi connectivity index (χ3n) is 12.6. The minimum absolute atomic E-state index is 0.107. The number of esters is 3. The molecular formula is C69H112O6. The zero-order valence-corrected chi connectivity index (χ0v) is 48.5. The van der Waals surface area contributed by atoms with Gasteiger partial charge in [-0.2, -0.15) is 0 Å². The van der Waals surface area contributed by atoms with Gasteiger partial charge in [0.1, 0.15) is 13.2 Å². The molecule has 0 aromatic heterocycles. The summed E-state index contributed by atoms with van der Waals surface area (Å²) in [4.78, 5) is 38.2. The minimum atomic E-state index is -0.813. The first-order chi connectivity index (χ1) is 37.0. The van der Waals surface area contributed by atoms with Crippen molar-refractivity contribution < 1.29 is 28.6 Å². The summed E-state index contributed by atoms with van der Waals surface area (Å²) in [6, 6.07) is 0. The van der Waals surface area contributed by atoms with E-state index in [4.69, 9.17) is 14.2 Å². The lowest BCUT2D eigenvalue weighted by atomic mass is 10.1. The SMILES string of the molecule is CC/C=C\C/C=C\C/C=C\C/C=C\C/C=C\C/C=C\C/C=C\C/C=C\C/C=C\CCCC(=O)OCC(COC(=O)CCCCCCC/C=C\CCCCCC)OC(=O)CCCCCCC/C=C\CCCCCCCC. The maximum absolute atomic E-state index is 12.9. The highest BCUT2D eigenvalue weighted by Gasteiger charge is 2.19. The molecule has 0 N–H and O–H groups in total. The molecule has 0 saturated heterocycles. The standard InChI is InChI=1S/C69H112O6/c1-4-7-10-13-16-19-22-25-27-28-29-30-31-32-33-34-35-36-37-38-39-40-42-44-47-50-53-56-59-62-68(71)74-65-66(64-73-67(70)61-58-55-52-49-46-43-24-21-18-15-12-9-6-3)75-69(72)63-60-57-54-51-48-45-41-26-23-20-17-14-11-8-5-2/h7,10,16,19,21,24-27,29-30,32-33,35-36,38-39,41-42,44,50,53,66H,4-6,8-9,11-15,17-18,20,22-23,28,31,34,37,40,43,45-49,51-52,54-65H2,1-3H3/b10-7-,19-16-,24-21-,27-25-,30-29-,33-32-,36-35-,39-38-,41-26-,44-42-,53-50-. The largest absolute Gasteiger partial charge is 0.462 e. The Morgan fingerprint density at radius 3 is 0.893 bits per heavy atom. The van der Waals surface area contributed by atoms with Crippen LogP contribution in [0.15, 0.2) is 134 Å². The van der Waals surface area contributed by atoms with E-state index in [0.717, 1.165) is 128 Å². The molecule has 75 heavy (non-hydrogen) atoms. The molecule has 0 aliphatic carbocycles. The van der Waals surface area contributed by atoms with Crippen LogP contribution in [0.4, 0.5) is 0 Å². The maximum Gasteiger partial charge on any atom is 0.306 e. The van der Waals surface area contributed by atoms with Crippen molar-refractivity contribution in [3.8, 4) is 0 Å². The van der Waals surface area contributed by atoms with E-state index in [1.807, 2.05) is 0 Å². The number of rotatable bonds is 54. The molecule has 1 atom stereocenters. The summed E-state index contributed by atoms with van der Waals surface area (Å²) in [6.45, 7) is 6.44. The van der Waals surface area contributed by atoms with Crippen molar-refractivity contribution in [3.63, 3.8) is 0 Å². The van der Waals surface area contributed by atoms with Gasteiger partial charge < -0.3 is 14.2 Å². The normalized spacial score (nSPS) is 13.1. The lowest BCUT2D eigenvalue weighted by Gasteiger charge is -2.18. The summed E-state index contributed by atoms with van der Waals surface area (Å²) in [6.07, 6.45) is 87.4. The molecule has 0 bridgehead atoms. The molecule has 0 fully saturated rings. The van der Waals surface area contributed by atoms with Crippen LogP contribution in [0.5, 0.6) is 0 Å². The van der Waals surface area contributed by atoms with Gasteiger partial charge in [0.15, 0.2) is 6.10 Å². The number of carbonyl (C=O) groups is 3. The van der Waals surface area contributed by atoms with Crippen LogP contribution in [0, 0.1) is 0 Å². The quantitative estimate of drug-likeness (QED) is 0.0261. The third kappa shape index (κ3) is 60.3. The molecular weight excluding hydrogens is 925 g/mol. The second kappa shape index (κ2) is 62.1. The predicted octanol–water partition coefficient (Wildman–Crippen LogP) is 21.0. The highest BCUT2D eigenvalue weighted by Crippen LogP contribution is 2.14. The summed E-state index contributed by atoms with van der Waals surface area (Å²) < 4.78 is 16.8. The van der Waals surface area contributed by atoms with Crippen molar-refractivity contribution in [1.82, 2.24) is 0 Å². The van der Waals surface area contributed by atoms with Gasteiger partial charge in [-0.05, 0) is 135 Å². The highest BCUT2D eigenvalue weighted by molar-refractivity contribution is 5.71. The second-order valence-corrected chi connectivity index (χ2v) is 19.9. The second-order valence-electron chi connectivity index (χ2n) is 19.9. The van der Waals surface area contributed by atoms with Gasteiger partial charge in [-0.25, -0.2) is 0 Å². The molecule has 6 nitrogen and oxygen atoms in total. The number of unbranched alkanes of at least 4 members (excludes halogenated alkanes) is 21. The summed E-state index contributed by atoms with van der Waals surface area (Å²) in [7, 11) is 0. The smallest absolute Gasteiger partial charge is 0.306 e. The van der Waals surface area contributed by atoms with E-state index in [2.05, 4.69) is 154 Å². The van der Waals surface area contributed by atoms with Crippen molar-refractivity contribution in [2.45, 2.75) is 271 Å². The number of hydrogen-bond acceptors (Lipinski definition) is 6. The first-order valence-electron chi connectivity index (χ1n) is 30.7.